The maximum Gasteiger partial charge on any atom is 0.252 e. The molecular weight excluding hydrogens is 408 g/mol. The van der Waals surface area contributed by atoms with E-state index in [0.717, 1.165) is 22.9 Å². The van der Waals surface area contributed by atoms with E-state index >= 15 is 0 Å². The number of hydrogen-bond donors (Lipinski definition) is 2. The molecule has 0 aliphatic heterocycles. The largest absolute Gasteiger partial charge is 0.341 e. The van der Waals surface area contributed by atoms with Crippen LogP contribution in [0.15, 0.2) is 72.8 Å². The summed E-state index contributed by atoms with van der Waals surface area (Å²) in [6.45, 7) is 2.01. The van der Waals surface area contributed by atoms with Crippen molar-refractivity contribution >= 4 is 33.2 Å². The van der Waals surface area contributed by atoms with E-state index in [2.05, 4.69) is 10.0 Å². The van der Waals surface area contributed by atoms with Gasteiger partial charge in [0.15, 0.2) is 0 Å². The molecule has 0 fully saturated rings. The second kappa shape index (κ2) is 8.68. The summed E-state index contributed by atoms with van der Waals surface area (Å²) in [5, 5.41) is 3.19. The minimum absolute atomic E-state index is 0.148. The molecule has 0 saturated heterocycles. The maximum atomic E-state index is 12.9. The number of anilines is 1. The second-order valence-corrected chi connectivity index (χ2v) is 8.95. The summed E-state index contributed by atoms with van der Waals surface area (Å²) in [4.78, 5) is 12.9. The first-order chi connectivity index (χ1) is 13.7. The summed E-state index contributed by atoms with van der Waals surface area (Å²) >= 11 is 6.16. The van der Waals surface area contributed by atoms with Gasteiger partial charge in [0.1, 0.15) is 0 Å². The van der Waals surface area contributed by atoms with E-state index in [9.17, 15) is 13.2 Å². The molecule has 3 aromatic carbocycles. The Morgan fingerprint density at radius 1 is 0.931 bits per heavy atom. The van der Waals surface area contributed by atoms with E-state index in [1.165, 1.54) is 18.2 Å². The van der Waals surface area contributed by atoms with Crippen LogP contribution in [0, 0.1) is 6.92 Å². The van der Waals surface area contributed by atoms with Crippen molar-refractivity contribution in [3.63, 3.8) is 0 Å². The minimum Gasteiger partial charge on any atom is -0.341 e. The molecule has 1 atom stereocenters. The molecule has 150 valence electrons. The third-order valence-electron chi connectivity index (χ3n) is 4.35. The lowest BCUT2D eigenvalue weighted by molar-refractivity contribution is 0.0943. The van der Waals surface area contributed by atoms with E-state index in [0.29, 0.717) is 5.56 Å². The molecule has 0 heterocycles. The lowest BCUT2D eigenvalue weighted by Gasteiger charge is -2.20. The van der Waals surface area contributed by atoms with E-state index in [1.807, 2.05) is 61.5 Å². The highest BCUT2D eigenvalue weighted by molar-refractivity contribution is 7.92. The number of hydrogen-bond acceptors (Lipinski definition) is 3. The van der Waals surface area contributed by atoms with E-state index < -0.39 is 10.0 Å². The van der Waals surface area contributed by atoms with Gasteiger partial charge in [-0.1, -0.05) is 71.8 Å². The first kappa shape index (κ1) is 20.9. The van der Waals surface area contributed by atoms with Crippen LogP contribution in [-0.2, 0) is 10.0 Å². The second-order valence-electron chi connectivity index (χ2n) is 6.80. The average molecular weight is 429 g/mol. The predicted molar refractivity (Wildman–Crippen MR) is 117 cm³/mol. The van der Waals surface area contributed by atoms with Crippen LogP contribution < -0.4 is 10.0 Å². The minimum atomic E-state index is -3.46. The van der Waals surface area contributed by atoms with Gasteiger partial charge in [0, 0.05) is 5.56 Å². The molecule has 1 amide bonds. The first-order valence-corrected chi connectivity index (χ1v) is 11.2. The van der Waals surface area contributed by atoms with Crippen molar-refractivity contribution in [2.45, 2.75) is 13.0 Å². The highest BCUT2D eigenvalue weighted by atomic mass is 35.5. The number of sulfonamides is 1. The number of rotatable bonds is 6. The molecule has 3 rings (SSSR count). The molecule has 2 N–H and O–H groups in total. The fourth-order valence-electron chi connectivity index (χ4n) is 2.92. The summed E-state index contributed by atoms with van der Waals surface area (Å²) < 4.78 is 25.1. The van der Waals surface area contributed by atoms with Gasteiger partial charge in [0.05, 0.1) is 23.0 Å². The SMILES string of the molecule is Cc1ccc([C@@H](NC(=O)c2ccc(NS(C)(=O)=O)c(Cl)c2)c2ccccc2)cc1. The number of carbonyl (C=O) groups excluding carboxylic acids is 1. The number of nitrogens with one attached hydrogen (secondary N) is 2. The van der Waals surface area contributed by atoms with E-state index in [-0.39, 0.29) is 22.7 Å². The van der Waals surface area contributed by atoms with Gasteiger partial charge >= 0.3 is 0 Å². The Kier molecular flexibility index (Phi) is 6.25. The van der Waals surface area contributed by atoms with Crippen molar-refractivity contribution < 1.29 is 13.2 Å². The van der Waals surface area contributed by atoms with Crippen LogP contribution in [0.4, 0.5) is 5.69 Å². The predicted octanol–water partition coefficient (Wildman–Crippen LogP) is 4.54. The first-order valence-electron chi connectivity index (χ1n) is 8.92. The van der Waals surface area contributed by atoms with Crippen LogP contribution in [0.3, 0.4) is 0 Å². The molecule has 29 heavy (non-hydrogen) atoms. The fraction of sp³-hybridized carbons (Fsp3) is 0.136. The van der Waals surface area contributed by atoms with Gasteiger partial charge in [-0.15, -0.1) is 0 Å². The number of aryl methyl sites for hydroxylation is 1. The van der Waals surface area contributed by atoms with E-state index in [1.54, 1.807) is 0 Å². The third kappa shape index (κ3) is 5.59. The van der Waals surface area contributed by atoms with E-state index in [4.69, 9.17) is 11.6 Å². The topological polar surface area (TPSA) is 75.3 Å². The molecule has 0 radical (unpaired) electrons. The third-order valence-corrected chi connectivity index (χ3v) is 5.25. The van der Waals surface area contributed by atoms with Crippen LogP contribution in [0.5, 0.6) is 0 Å². The number of carbonyl (C=O) groups is 1. The molecule has 0 spiro atoms. The summed E-state index contributed by atoms with van der Waals surface area (Å²) in [5.74, 6) is -0.313. The molecule has 0 saturated carbocycles. The van der Waals surface area contributed by atoms with Crippen LogP contribution in [0.1, 0.15) is 33.1 Å². The lowest BCUT2D eigenvalue weighted by atomic mass is 9.97. The quantitative estimate of drug-likeness (QED) is 0.605. The Morgan fingerprint density at radius 3 is 2.14 bits per heavy atom. The highest BCUT2D eigenvalue weighted by Crippen LogP contribution is 2.26. The standard InChI is InChI=1S/C22H21ClN2O3S/c1-15-8-10-17(11-9-15)21(16-6-4-3-5-7-16)24-22(26)18-12-13-20(19(23)14-18)25-29(2,27)28/h3-14,21,25H,1-2H3,(H,24,26)/t21-/m0/s1. The van der Waals surface area contributed by atoms with Crippen LogP contribution in [0.25, 0.3) is 0 Å². The highest BCUT2D eigenvalue weighted by Gasteiger charge is 2.19. The van der Waals surface area contributed by atoms with Crippen molar-refractivity contribution in [1.82, 2.24) is 5.32 Å². The average Bonchev–Trinajstić information content (AvgIpc) is 2.68. The summed E-state index contributed by atoms with van der Waals surface area (Å²) in [5.41, 5.74) is 3.60. The van der Waals surface area contributed by atoms with Crippen LogP contribution in [-0.4, -0.2) is 20.6 Å². The zero-order valence-corrected chi connectivity index (χ0v) is 17.6. The van der Waals surface area contributed by atoms with Gasteiger partial charge in [-0.05, 0) is 36.2 Å². The lowest BCUT2D eigenvalue weighted by Crippen LogP contribution is -2.29. The Hall–Kier alpha value is -2.83. The Morgan fingerprint density at radius 2 is 1.55 bits per heavy atom. The van der Waals surface area contributed by atoms with Crippen molar-refractivity contribution in [1.29, 1.82) is 0 Å². The van der Waals surface area contributed by atoms with Gasteiger partial charge in [-0.2, -0.15) is 0 Å². The van der Waals surface area contributed by atoms with Crippen LogP contribution in [0.2, 0.25) is 5.02 Å². The number of halogens is 1. The van der Waals surface area contributed by atoms with Gasteiger partial charge in [-0.25, -0.2) is 8.42 Å². The zero-order chi connectivity index (χ0) is 21.0. The Balaban J connectivity index is 1.89. The molecule has 5 nitrogen and oxygen atoms in total. The van der Waals surface area contributed by atoms with Gasteiger partial charge < -0.3 is 5.32 Å². The monoisotopic (exact) mass is 428 g/mol. The molecular formula is C22H21ClN2O3S. The number of amides is 1. The molecule has 0 aromatic heterocycles. The summed E-state index contributed by atoms with van der Waals surface area (Å²) in [6, 6.07) is 21.8. The molecule has 3 aromatic rings. The Labute approximate surface area is 175 Å². The van der Waals surface area contributed by atoms with Crippen molar-refractivity contribution in [2.75, 3.05) is 11.0 Å². The normalized spacial score (nSPS) is 12.2. The van der Waals surface area contributed by atoms with Crippen molar-refractivity contribution in [2.24, 2.45) is 0 Å². The smallest absolute Gasteiger partial charge is 0.252 e. The molecule has 7 heteroatoms. The fourth-order valence-corrected chi connectivity index (χ4v) is 3.78. The number of benzene rings is 3. The molecule has 0 bridgehead atoms. The van der Waals surface area contributed by atoms with Gasteiger partial charge in [0.2, 0.25) is 10.0 Å². The van der Waals surface area contributed by atoms with Gasteiger partial charge in [-0.3, -0.25) is 9.52 Å². The van der Waals surface area contributed by atoms with Crippen LogP contribution >= 0.6 is 11.6 Å². The Bertz CT molecular complexity index is 1110. The van der Waals surface area contributed by atoms with Crippen molar-refractivity contribution in [3.05, 3.63) is 100 Å². The molecule has 0 aliphatic rings. The zero-order valence-electron chi connectivity index (χ0n) is 16.0. The molecule has 0 unspecified atom stereocenters. The molecule has 0 aliphatic carbocycles. The van der Waals surface area contributed by atoms with Crippen molar-refractivity contribution in [3.8, 4) is 0 Å². The van der Waals surface area contributed by atoms with Gasteiger partial charge in [0.25, 0.3) is 5.91 Å². The summed E-state index contributed by atoms with van der Waals surface area (Å²) in [6.07, 6.45) is 1.04. The summed E-state index contributed by atoms with van der Waals surface area (Å²) in [7, 11) is -3.46. The maximum absolute atomic E-state index is 12.9.